The van der Waals surface area contributed by atoms with E-state index in [0.717, 1.165) is 51.5 Å². The van der Waals surface area contributed by atoms with Crippen LogP contribution in [0.15, 0.2) is 18.2 Å². The van der Waals surface area contributed by atoms with Gasteiger partial charge in [-0.1, -0.05) is 19.3 Å². The van der Waals surface area contributed by atoms with Crippen LogP contribution in [-0.2, 0) is 0 Å². The molecule has 1 aliphatic heterocycles. The van der Waals surface area contributed by atoms with Gasteiger partial charge in [-0.2, -0.15) is 0 Å². The van der Waals surface area contributed by atoms with Gasteiger partial charge in [0.1, 0.15) is 5.69 Å². The Balaban J connectivity index is 1.80. The number of benzene rings is 1. The second-order valence-corrected chi connectivity index (χ2v) is 7.31. The van der Waals surface area contributed by atoms with Gasteiger partial charge in [-0.25, -0.2) is 0 Å². The number of hydrogen-bond donors (Lipinski definition) is 1. The number of piperidine rings is 1. The van der Waals surface area contributed by atoms with Crippen molar-refractivity contribution in [3.63, 3.8) is 0 Å². The molecule has 1 aromatic carbocycles. The van der Waals surface area contributed by atoms with E-state index in [2.05, 4.69) is 17.1 Å². The van der Waals surface area contributed by atoms with Gasteiger partial charge >= 0.3 is 0 Å². The molecule has 0 radical (unpaired) electrons. The van der Waals surface area contributed by atoms with E-state index in [0.29, 0.717) is 11.3 Å². The van der Waals surface area contributed by atoms with Gasteiger partial charge in [-0.3, -0.25) is 14.9 Å². The molecule has 0 spiro atoms. The molecule has 1 aliphatic carbocycles. The molecular formula is C19H27N3O3. The predicted molar refractivity (Wildman–Crippen MR) is 98.1 cm³/mol. The first-order valence-corrected chi connectivity index (χ1v) is 9.42. The number of nitro benzene ring substituents is 1. The van der Waals surface area contributed by atoms with E-state index >= 15 is 0 Å². The summed E-state index contributed by atoms with van der Waals surface area (Å²) in [4.78, 5) is 25.8. The quantitative estimate of drug-likeness (QED) is 0.660. The fraction of sp³-hybridized carbons (Fsp3) is 0.632. The normalized spacial score (nSPS) is 21.8. The van der Waals surface area contributed by atoms with E-state index in [1.165, 1.54) is 12.5 Å². The lowest BCUT2D eigenvalue weighted by Crippen LogP contribution is -2.38. The molecule has 1 saturated heterocycles. The Morgan fingerprint density at radius 3 is 2.56 bits per heavy atom. The average Bonchev–Trinajstić information content (AvgIpc) is 2.62. The summed E-state index contributed by atoms with van der Waals surface area (Å²) in [6.45, 7) is 2.93. The number of carbonyl (C=O) groups excluding carboxylic acids is 1. The summed E-state index contributed by atoms with van der Waals surface area (Å²) in [5.74, 6) is -0.201. The van der Waals surface area contributed by atoms with Crippen LogP contribution in [0.1, 0.15) is 68.6 Å². The number of amides is 1. The second kappa shape index (κ2) is 7.85. The van der Waals surface area contributed by atoms with Gasteiger partial charge in [-0.05, 0) is 51.2 Å². The maximum atomic E-state index is 12.5. The Morgan fingerprint density at radius 1 is 1.16 bits per heavy atom. The van der Waals surface area contributed by atoms with Gasteiger partial charge in [0.15, 0.2) is 0 Å². The zero-order valence-corrected chi connectivity index (χ0v) is 14.9. The number of nitrogens with one attached hydrogen (secondary N) is 1. The fourth-order valence-corrected chi connectivity index (χ4v) is 4.03. The summed E-state index contributed by atoms with van der Waals surface area (Å²) in [5, 5.41) is 14.6. The lowest BCUT2D eigenvalue weighted by atomic mass is 9.95. The maximum Gasteiger partial charge on any atom is 0.293 e. The Bertz CT molecular complexity index is 641. The van der Waals surface area contributed by atoms with Crippen LogP contribution in [-0.4, -0.2) is 29.5 Å². The highest BCUT2D eigenvalue weighted by atomic mass is 16.6. The number of carbonyl (C=O) groups is 1. The van der Waals surface area contributed by atoms with Crippen LogP contribution in [0.25, 0.3) is 0 Å². The Morgan fingerprint density at radius 2 is 1.88 bits per heavy atom. The molecule has 1 N–H and O–H groups in total. The molecule has 6 nitrogen and oxygen atoms in total. The van der Waals surface area contributed by atoms with Gasteiger partial charge in [0.2, 0.25) is 0 Å². The number of nitro groups is 1. The third-order valence-corrected chi connectivity index (χ3v) is 5.49. The predicted octanol–water partition coefficient (Wildman–Crippen LogP) is 4.04. The van der Waals surface area contributed by atoms with Crippen molar-refractivity contribution in [1.29, 1.82) is 0 Å². The average molecular weight is 345 g/mol. The lowest BCUT2D eigenvalue weighted by Gasteiger charge is -2.35. The summed E-state index contributed by atoms with van der Waals surface area (Å²) >= 11 is 0. The summed E-state index contributed by atoms with van der Waals surface area (Å²) in [6, 6.07) is 5.39. The summed E-state index contributed by atoms with van der Waals surface area (Å²) < 4.78 is 0. The summed E-state index contributed by atoms with van der Waals surface area (Å²) in [6.07, 6.45) is 8.74. The third kappa shape index (κ3) is 4.11. The fourth-order valence-electron chi connectivity index (χ4n) is 4.03. The van der Waals surface area contributed by atoms with Gasteiger partial charge in [-0.15, -0.1) is 0 Å². The Labute approximate surface area is 148 Å². The van der Waals surface area contributed by atoms with Crippen LogP contribution in [0.3, 0.4) is 0 Å². The zero-order valence-electron chi connectivity index (χ0n) is 14.9. The van der Waals surface area contributed by atoms with Crippen molar-refractivity contribution in [2.24, 2.45) is 0 Å². The van der Waals surface area contributed by atoms with E-state index in [4.69, 9.17) is 0 Å². The minimum atomic E-state index is -0.367. The van der Waals surface area contributed by atoms with E-state index < -0.39 is 0 Å². The molecule has 2 fully saturated rings. The molecule has 1 aromatic rings. The van der Waals surface area contributed by atoms with Crippen molar-refractivity contribution in [2.75, 3.05) is 11.4 Å². The summed E-state index contributed by atoms with van der Waals surface area (Å²) in [5.41, 5.74) is 1.04. The Kier molecular flexibility index (Phi) is 5.56. The highest BCUT2D eigenvalue weighted by Gasteiger charge is 2.27. The first kappa shape index (κ1) is 17.7. The molecule has 136 valence electrons. The number of hydrogen-bond acceptors (Lipinski definition) is 4. The molecule has 1 unspecified atom stereocenters. The van der Waals surface area contributed by atoms with Crippen molar-refractivity contribution < 1.29 is 9.72 Å². The highest BCUT2D eigenvalue weighted by molar-refractivity contribution is 5.96. The number of nitrogens with zero attached hydrogens (tertiary/aromatic N) is 2. The van der Waals surface area contributed by atoms with Crippen LogP contribution in [0.5, 0.6) is 0 Å². The standard InChI is InChI=1S/C19H27N3O3/c1-14-7-5-6-12-21(14)17-11-10-15(13-18(17)22(24)25)19(23)20-16-8-3-2-4-9-16/h10-11,13-14,16H,2-9,12H2,1H3,(H,20,23). The van der Waals surface area contributed by atoms with E-state index in [1.54, 1.807) is 12.1 Å². The molecule has 6 heteroatoms. The second-order valence-electron chi connectivity index (χ2n) is 7.31. The van der Waals surface area contributed by atoms with E-state index in [1.807, 2.05) is 0 Å². The van der Waals surface area contributed by atoms with Gasteiger partial charge in [0.25, 0.3) is 11.6 Å². The van der Waals surface area contributed by atoms with Crippen LogP contribution >= 0.6 is 0 Å². The smallest absolute Gasteiger partial charge is 0.293 e. The third-order valence-electron chi connectivity index (χ3n) is 5.49. The molecule has 1 atom stereocenters. The number of anilines is 1. The lowest BCUT2D eigenvalue weighted by molar-refractivity contribution is -0.384. The van der Waals surface area contributed by atoms with Gasteiger partial charge < -0.3 is 10.2 Å². The Hall–Kier alpha value is -2.11. The maximum absolute atomic E-state index is 12.5. The minimum absolute atomic E-state index is 0.0324. The topological polar surface area (TPSA) is 75.5 Å². The van der Waals surface area contributed by atoms with Crippen LogP contribution in [0.2, 0.25) is 0 Å². The number of rotatable bonds is 4. The molecule has 25 heavy (non-hydrogen) atoms. The molecule has 2 aliphatic rings. The largest absolute Gasteiger partial charge is 0.363 e. The van der Waals surface area contributed by atoms with Crippen LogP contribution in [0, 0.1) is 10.1 Å². The van der Waals surface area contributed by atoms with E-state index in [-0.39, 0.29) is 28.6 Å². The molecule has 1 heterocycles. The van der Waals surface area contributed by atoms with Crippen molar-refractivity contribution in [3.8, 4) is 0 Å². The van der Waals surface area contributed by atoms with Crippen molar-refractivity contribution >= 4 is 17.3 Å². The first-order chi connectivity index (χ1) is 12.1. The van der Waals surface area contributed by atoms with Gasteiger partial charge in [0.05, 0.1) is 4.92 Å². The molecule has 3 rings (SSSR count). The molecule has 1 saturated carbocycles. The van der Waals surface area contributed by atoms with E-state index in [9.17, 15) is 14.9 Å². The first-order valence-electron chi connectivity index (χ1n) is 9.42. The highest BCUT2D eigenvalue weighted by Crippen LogP contribution is 2.33. The molecule has 1 amide bonds. The van der Waals surface area contributed by atoms with Crippen molar-refractivity contribution in [2.45, 2.75) is 70.4 Å². The van der Waals surface area contributed by atoms with Crippen molar-refractivity contribution in [1.82, 2.24) is 5.32 Å². The minimum Gasteiger partial charge on any atom is -0.363 e. The van der Waals surface area contributed by atoms with Crippen LogP contribution in [0.4, 0.5) is 11.4 Å². The molecule has 0 bridgehead atoms. The van der Waals surface area contributed by atoms with Crippen molar-refractivity contribution in [3.05, 3.63) is 33.9 Å². The molecular weight excluding hydrogens is 318 g/mol. The zero-order chi connectivity index (χ0) is 17.8. The monoisotopic (exact) mass is 345 g/mol. The molecule has 0 aromatic heterocycles. The SMILES string of the molecule is CC1CCCCN1c1ccc(C(=O)NC2CCCCC2)cc1[N+](=O)[O-]. The van der Waals surface area contributed by atoms with Crippen LogP contribution < -0.4 is 10.2 Å². The summed E-state index contributed by atoms with van der Waals surface area (Å²) in [7, 11) is 0. The van der Waals surface area contributed by atoms with Gasteiger partial charge in [0, 0.05) is 30.3 Å².